The van der Waals surface area contributed by atoms with E-state index in [1.54, 1.807) is 11.3 Å². The van der Waals surface area contributed by atoms with Crippen molar-refractivity contribution in [1.82, 2.24) is 15.3 Å². The van der Waals surface area contributed by atoms with E-state index in [1.807, 2.05) is 30.7 Å². The Hall–Kier alpha value is -1.17. The van der Waals surface area contributed by atoms with Crippen LogP contribution in [0, 0.1) is 0 Å². The van der Waals surface area contributed by atoms with Gasteiger partial charge in [-0.3, -0.25) is 4.98 Å². The van der Waals surface area contributed by atoms with Gasteiger partial charge in [0.1, 0.15) is 0 Å². The third-order valence-electron chi connectivity index (χ3n) is 2.85. The minimum absolute atomic E-state index is 0. The summed E-state index contributed by atoms with van der Waals surface area (Å²) in [5.41, 5.74) is 1.19. The van der Waals surface area contributed by atoms with Gasteiger partial charge in [-0.1, -0.05) is 11.3 Å². The van der Waals surface area contributed by atoms with Crippen LogP contribution in [0.4, 0.5) is 5.13 Å². The summed E-state index contributed by atoms with van der Waals surface area (Å²) >= 11 is 1.75. The number of hydrogen-bond donors (Lipinski definition) is 1. The standard InChI is InChI=1S/C12H14N4S.ClH/c1-3-13-4-2-10(1)11-9-15-12(17-11)16-7-5-14-6-8-16;/h1-4,9,14H,5-8H2;1H. The molecule has 4 nitrogen and oxygen atoms in total. The van der Waals surface area contributed by atoms with Gasteiger partial charge in [-0.15, -0.1) is 12.4 Å². The Labute approximate surface area is 116 Å². The fourth-order valence-corrected chi connectivity index (χ4v) is 2.89. The smallest absolute Gasteiger partial charge is 0.185 e. The molecule has 0 aromatic carbocycles. The number of rotatable bonds is 2. The van der Waals surface area contributed by atoms with Crippen LogP contribution in [0.3, 0.4) is 0 Å². The first-order chi connectivity index (χ1) is 8.43. The fraction of sp³-hybridized carbons (Fsp3) is 0.333. The molecule has 0 bridgehead atoms. The minimum Gasteiger partial charge on any atom is -0.346 e. The molecule has 2 aromatic rings. The first-order valence-electron chi connectivity index (χ1n) is 5.75. The van der Waals surface area contributed by atoms with Gasteiger partial charge in [0.15, 0.2) is 5.13 Å². The average molecular weight is 283 g/mol. The van der Waals surface area contributed by atoms with Crippen LogP contribution >= 0.6 is 23.7 Å². The van der Waals surface area contributed by atoms with E-state index in [2.05, 4.69) is 20.2 Å². The zero-order chi connectivity index (χ0) is 11.5. The normalized spacial score (nSPS) is 15.2. The van der Waals surface area contributed by atoms with Crippen LogP contribution in [0.5, 0.6) is 0 Å². The molecule has 3 heterocycles. The number of anilines is 1. The summed E-state index contributed by atoms with van der Waals surface area (Å²) < 4.78 is 0. The number of halogens is 1. The van der Waals surface area contributed by atoms with E-state index in [0.29, 0.717) is 0 Å². The molecule has 0 aliphatic carbocycles. The molecular formula is C12H15ClN4S. The summed E-state index contributed by atoms with van der Waals surface area (Å²) in [6.07, 6.45) is 5.59. The predicted molar refractivity (Wildman–Crippen MR) is 77.7 cm³/mol. The second-order valence-corrected chi connectivity index (χ2v) is 4.99. The molecule has 2 aromatic heterocycles. The van der Waals surface area contributed by atoms with E-state index in [0.717, 1.165) is 31.3 Å². The molecule has 0 saturated carbocycles. The van der Waals surface area contributed by atoms with Crippen molar-refractivity contribution in [2.24, 2.45) is 0 Å². The molecule has 18 heavy (non-hydrogen) atoms. The molecule has 0 atom stereocenters. The molecule has 0 unspecified atom stereocenters. The SMILES string of the molecule is Cl.c1cc(-c2cnc(N3CCNCC3)s2)ccn1. The second kappa shape index (κ2) is 6.13. The van der Waals surface area contributed by atoms with Crippen molar-refractivity contribution in [3.8, 4) is 10.4 Å². The zero-order valence-corrected chi connectivity index (χ0v) is 11.5. The van der Waals surface area contributed by atoms with Crippen molar-refractivity contribution < 1.29 is 0 Å². The Morgan fingerprint density at radius 2 is 1.89 bits per heavy atom. The number of pyridine rings is 1. The van der Waals surface area contributed by atoms with Crippen LogP contribution in [0.25, 0.3) is 10.4 Å². The lowest BCUT2D eigenvalue weighted by molar-refractivity contribution is 0.588. The largest absolute Gasteiger partial charge is 0.346 e. The molecule has 3 rings (SSSR count). The highest BCUT2D eigenvalue weighted by Gasteiger charge is 2.14. The third-order valence-corrected chi connectivity index (χ3v) is 3.95. The van der Waals surface area contributed by atoms with Crippen molar-refractivity contribution in [3.63, 3.8) is 0 Å². The summed E-state index contributed by atoms with van der Waals surface area (Å²) in [6, 6.07) is 4.05. The highest BCUT2D eigenvalue weighted by molar-refractivity contribution is 7.18. The summed E-state index contributed by atoms with van der Waals surface area (Å²) in [7, 11) is 0. The van der Waals surface area contributed by atoms with Crippen LogP contribution in [0.2, 0.25) is 0 Å². The molecule has 1 aliphatic rings. The van der Waals surface area contributed by atoms with Gasteiger partial charge in [-0.05, 0) is 17.7 Å². The van der Waals surface area contributed by atoms with Crippen LogP contribution in [-0.4, -0.2) is 36.1 Å². The van der Waals surface area contributed by atoms with Gasteiger partial charge in [0.25, 0.3) is 0 Å². The van der Waals surface area contributed by atoms with Crippen LogP contribution in [-0.2, 0) is 0 Å². The lowest BCUT2D eigenvalue weighted by atomic mass is 10.2. The molecule has 1 fully saturated rings. The van der Waals surface area contributed by atoms with Gasteiger partial charge in [-0.2, -0.15) is 0 Å². The van der Waals surface area contributed by atoms with Crippen molar-refractivity contribution in [3.05, 3.63) is 30.7 Å². The van der Waals surface area contributed by atoms with Gasteiger partial charge < -0.3 is 10.2 Å². The maximum absolute atomic E-state index is 4.51. The highest BCUT2D eigenvalue weighted by atomic mass is 35.5. The van der Waals surface area contributed by atoms with Gasteiger partial charge in [0.2, 0.25) is 0 Å². The number of nitrogens with zero attached hydrogens (tertiary/aromatic N) is 3. The summed E-state index contributed by atoms with van der Waals surface area (Å²) in [4.78, 5) is 12.1. The molecule has 0 spiro atoms. The van der Waals surface area contributed by atoms with Crippen molar-refractivity contribution in [2.45, 2.75) is 0 Å². The second-order valence-electron chi connectivity index (χ2n) is 3.98. The average Bonchev–Trinajstić information content (AvgIpc) is 2.90. The number of nitrogens with one attached hydrogen (secondary N) is 1. The van der Waals surface area contributed by atoms with E-state index in [-0.39, 0.29) is 12.4 Å². The number of hydrogen-bond acceptors (Lipinski definition) is 5. The van der Waals surface area contributed by atoms with E-state index in [1.165, 1.54) is 10.4 Å². The fourth-order valence-electron chi connectivity index (χ4n) is 1.92. The van der Waals surface area contributed by atoms with E-state index in [9.17, 15) is 0 Å². The molecule has 0 radical (unpaired) electrons. The molecule has 0 amide bonds. The quantitative estimate of drug-likeness (QED) is 0.915. The van der Waals surface area contributed by atoms with Gasteiger partial charge in [0, 0.05) is 44.8 Å². The highest BCUT2D eigenvalue weighted by Crippen LogP contribution is 2.30. The van der Waals surface area contributed by atoms with Crippen molar-refractivity contribution >= 4 is 28.9 Å². The zero-order valence-electron chi connectivity index (χ0n) is 9.87. The van der Waals surface area contributed by atoms with Crippen LogP contribution in [0.15, 0.2) is 30.7 Å². The molecule has 6 heteroatoms. The Bertz CT molecular complexity index is 482. The predicted octanol–water partition coefficient (Wildman–Crippen LogP) is 2.04. The van der Waals surface area contributed by atoms with Gasteiger partial charge in [0.05, 0.1) is 4.88 Å². The monoisotopic (exact) mass is 282 g/mol. The molecule has 1 N–H and O–H groups in total. The minimum atomic E-state index is 0. The summed E-state index contributed by atoms with van der Waals surface area (Å²) in [6.45, 7) is 4.18. The third kappa shape index (κ3) is 2.80. The summed E-state index contributed by atoms with van der Waals surface area (Å²) in [5.74, 6) is 0. The maximum atomic E-state index is 4.51. The summed E-state index contributed by atoms with van der Waals surface area (Å²) in [5, 5.41) is 4.47. The molecule has 1 saturated heterocycles. The Kier molecular flexibility index (Phi) is 4.52. The van der Waals surface area contributed by atoms with E-state index < -0.39 is 0 Å². The lowest BCUT2D eigenvalue weighted by Crippen LogP contribution is -2.43. The van der Waals surface area contributed by atoms with Crippen LogP contribution in [0.1, 0.15) is 0 Å². The first kappa shape index (κ1) is 13.3. The lowest BCUT2D eigenvalue weighted by Gasteiger charge is -2.26. The number of thiazole rings is 1. The Balaban J connectivity index is 0.00000120. The topological polar surface area (TPSA) is 41.1 Å². The van der Waals surface area contributed by atoms with Crippen molar-refractivity contribution in [1.29, 1.82) is 0 Å². The Morgan fingerprint density at radius 3 is 2.61 bits per heavy atom. The Morgan fingerprint density at radius 1 is 1.17 bits per heavy atom. The first-order valence-corrected chi connectivity index (χ1v) is 6.57. The van der Waals surface area contributed by atoms with Crippen molar-refractivity contribution in [2.75, 3.05) is 31.1 Å². The molecular weight excluding hydrogens is 268 g/mol. The number of piperazine rings is 1. The van der Waals surface area contributed by atoms with E-state index >= 15 is 0 Å². The maximum Gasteiger partial charge on any atom is 0.185 e. The number of aromatic nitrogens is 2. The van der Waals surface area contributed by atoms with Gasteiger partial charge >= 0.3 is 0 Å². The molecule has 96 valence electrons. The van der Waals surface area contributed by atoms with Crippen LogP contribution < -0.4 is 10.2 Å². The van der Waals surface area contributed by atoms with E-state index in [4.69, 9.17) is 0 Å². The molecule has 1 aliphatic heterocycles. The van der Waals surface area contributed by atoms with Gasteiger partial charge in [-0.25, -0.2) is 4.98 Å².